The molecule has 1 fully saturated rings. The van der Waals surface area contributed by atoms with E-state index in [2.05, 4.69) is 24.2 Å². The van der Waals surface area contributed by atoms with Crippen molar-refractivity contribution in [1.29, 1.82) is 0 Å². The molecule has 1 rings (SSSR count). The van der Waals surface area contributed by atoms with Crippen LogP contribution >= 0.6 is 0 Å². The van der Waals surface area contributed by atoms with Gasteiger partial charge in [-0.05, 0) is 45.3 Å². The lowest BCUT2D eigenvalue weighted by atomic mass is 9.99. The third-order valence-corrected chi connectivity index (χ3v) is 3.90. The van der Waals surface area contributed by atoms with E-state index in [1.54, 1.807) is 7.11 Å². The highest BCUT2D eigenvalue weighted by Gasteiger charge is 2.25. The molecule has 1 aliphatic rings. The van der Waals surface area contributed by atoms with E-state index in [0.717, 1.165) is 31.7 Å². The maximum atomic E-state index is 5.13. The van der Waals surface area contributed by atoms with Gasteiger partial charge in [0.05, 0.1) is 6.61 Å². The summed E-state index contributed by atoms with van der Waals surface area (Å²) in [7, 11) is 3.88. The number of nitrogens with one attached hydrogen (secondary N) is 1. The van der Waals surface area contributed by atoms with E-state index in [9.17, 15) is 0 Å². The summed E-state index contributed by atoms with van der Waals surface area (Å²) in [5.74, 6) is 0.890. The van der Waals surface area contributed by atoms with Crippen molar-refractivity contribution in [2.45, 2.75) is 38.6 Å². The van der Waals surface area contributed by atoms with Gasteiger partial charge in [-0.1, -0.05) is 13.3 Å². The standard InChI is InChI=1S/C13H28N2O/c1-4-15(10-11-16-3)9-8-12-6-5-7-13(12)14-2/h12-14H,4-11H2,1-3H3. The average molecular weight is 228 g/mol. The van der Waals surface area contributed by atoms with Crippen LogP contribution in [0.3, 0.4) is 0 Å². The van der Waals surface area contributed by atoms with E-state index in [4.69, 9.17) is 4.74 Å². The molecule has 96 valence electrons. The smallest absolute Gasteiger partial charge is 0.0589 e. The Morgan fingerprint density at radius 2 is 2.12 bits per heavy atom. The van der Waals surface area contributed by atoms with Gasteiger partial charge in [-0.25, -0.2) is 0 Å². The van der Waals surface area contributed by atoms with Crippen LogP contribution in [0.5, 0.6) is 0 Å². The van der Waals surface area contributed by atoms with Crippen LogP contribution in [0.2, 0.25) is 0 Å². The molecule has 1 saturated carbocycles. The fourth-order valence-electron chi connectivity index (χ4n) is 2.76. The second-order valence-corrected chi connectivity index (χ2v) is 4.80. The van der Waals surface area contributed by atoms with E-state index >= 15 is 0 Å². The Morgan fingerprint density at radius 1 is 1.31 bits per heavy atom. The summed E-state index contributed by atoms with van der Waals surface area (Å²) < 4.78 is 5.13. The lowest BCUT2D eigenvalue weighted by molar-refractivity contribution is 0.145. The molecule has 0 amide bonds. The van der Waals surface area contributed by atoms with Crippen molar-refractivity contribution in [2.24, 2.45) is 5.92 Å². The van der Waals surface area contributed by atoms with Crippen molar-refractivity contribution in [1.82, 2.24) is 10.2 Å². The predicted octanol–water partition coefficient (Wildman–Crippen LogP) is 1.73. The molecule has 0 bridgehead atoms. The molecule has 0 aromatic heterocycles. The number of hydrogen-bond acceptors (Lipinski definition) is 3. The Hall–Kier alpha value is -0.120. The molecule has 0 saturated heterocycles. The first kappa shape index (κ1) is 13.9. The summed E-state index contributed by atoms with van der Waals surface area (Å²) in [6, 6.07) is 0.765. The molecule has 2 atom stereocenters. The zero-order valence-electron chi connectivity index (χ0n) is 11.2. The SMILES string of the molecule is CCN(CCOC)CCC1CCCC1NC. The van der Waals surface area contributed by atoms with Crippen molar-refractivity contribution in [3.05, 3.63) is 0 Å². The summed E-state index contributed by atoms with van der Waals surface area (Å²) in [5, 5.41) is 3.46. The van der Waals surface area contributed by atoms with Crippen molar-refractivity contribution in [3.8, 4) is 0 Å². The molecule has 0 heterocycles. The first-order valence-electron chi connectivity index (χ1n) is 6.70. The van der Waals surface area contributed by atoms with E-state index in [-0.39, 0.29) is 0 Å². The van der Waals surface area contributed by atoms with E-state index in [1.807, 2.05) is 0 Å². The maximum absolute atomic E-state index is 5.13. The molecule has 1 aliphatic carbocycles. The van der Waals surface area contributed by atoms with Crippen LogP contribution in [-0.2, 0) is 4.74 Å². The highest BCUT2D eigenvalue weighted by molar-refractivity contribution is 4.82. The Bertz CT molecular complexity index is 175. The van der Waals surface area contributed by atoms with E-state index in [0.29, 0.717) is 0 Å². The number of ether oxygens (including phenoxy) is 1. The number of likely N-dealkylation sites (N-methyl/N-ethyl adjacent to an activating group) is 1. The minimum absolute atomic E-state index is 0.765. The second kappa shape index (κ2) is 8.04. The fraction of sp³-hybridized carbons (Fsp3) is 1.00. The summed E-state index contributed by atoms with van der Waals surface area (Å²) in [6.45, 7) is 6.53. The maximum Gasteiger partial charge on any atom is 0.0589 e. The van der Waals surface area contributed by atoms with E-state index in [1.165, 1.54) is 32.2 Å². The van der Waals surface area contributed by atoms with Crippen molar-refractivity contribution in [2.75, 3.05) is 40.4 Å². The third kappa shape index (κ3) is 4.40. The lowest BCUT2D eigenvalue weighted by Gasteiger charge is -2.24. The summed E-state index contributed by atoms with van der Waals surface area (Å²) in [6.07, 6.45) is 5.52. The van der Waals surface area contributed by atoms with Gasteiger partial charge < -0.3 is 15.0 Å². The largest absolute Gasteiger partial charge is 0.383 e. The van der Waals surface area contributed by atoms with Crippen LogP contribution in [0, 0.1) is 5.92 Å². The molecule has 2 unspecified atom stereocenters. The van der Waals surface area contributed by atoms with Gasteiger partial charge in [-0.15, -0.1) is 0 Å². The van der Waals surface area contributed by atoms with Gasteiger partial charge in [-0.2, -0.15) is 0 Å². The van der Waals surface area contributed by atoms with E-state index < -0.39 is 0 Å². The Kier molecular flexibility index (Phi) is 7.01. The molecule has 3 heteroatoms. The summed E-state index contributed by atoms with van der Waals surface area (Å²) in [4.78, 5) is 2.49. The Balaban J connectivity index is 2.20. The highest BCUT2D eigenvalue weighted by atomic mass is 16.5. The molecule has 0 aliphatic heterocycles. The first-order chi connectivity index (χ1) is 7.81. The average Bonchev–Trinajstić information content (AvgIpc) is 2.77. The van der Waals surface area contributed by atoms with Gasteiger partial charge in [0.2, 0.25) is 0 Å². The van der Waals surface area contributed by atoms with Crippen molar-refractivity contribution < 1.29 is 4.74 Å². The molecule has 0 aromatic rings. The predicted molar refractivity (Wildman–Crippen MR) is 68.8 cm³/mol. The quantitative estimate of drug-likeness (QED) is 0.685. The topological polar surface area (TPSA) is 24.5 Å². The molecule has 3 nitrogen and oxygen atoms in total. The van der Waals surface area contributed by atoms with Crippen molar-refractivity contribution in [3.63, 3.8) is 0 Å². The van der Waals surface area contributed by atoms with Crippen LogP contribution < -0.4 is 5.32 Å². The molecule has 16 heavy (non-hydrogen) atoms. The molecule has 0 radical (unpaired) electrons. The number of methoxy groups -OCH3 is 1. The Morgan fingerprint density at radius 3 is 2.75 bits per heavy atom. The Labute approximate surface area is 101 Å². The van der Waals surface area contributed by atoms with Gasteiger partial charge in [0.15, 0.2) is 0 Å². The van der Waals surface area contributed by atoms with Crippen LogP contribution in [0.25, 0.3) is 0 Å². The van der Waals surface area contributed by atoms with Gasteiger partial charge in [0, 0.05) is 19.7 Å². The van der Waals surface area contributed by atoms with Crippen LogP contribution in [-0.4, -0.2) is 51.3 Å². The lowest BCUT2D eigenvalue weighted by Crippen LogP contribution is -2.34. The van der Waals surface area contributed by atoms with Crippen LogP contribution in [0.4, 0.5) is 0 Å². The molecule has 0 aromatic carbocycles. The summed E-state index contributed by atoms with van der Waals surface area (Å²) in [5.41, 5.74) is 0. The molecular formula is C13H28N2O. The normalized spacial score (nSPS) is 25.5. The molecule has 0 spiro atoms. The number of hydrogen-bond donors (Lipinski definition) is 1. The fourth-order valence-corrected chi connectivity index (χ4v) is 2.76. The number of rotatable bonds is 8. The number of nitrogens with zero attached hydrogens (tertiary/aromatic N) is 1. The van der Waals surface area contributed by atoms with Crippen LogP contribution in [0.1, 0.15) is 32.6 Å². The zero-order chi connectivity index (χ0) is 11.8. The van der Waals surface area contributed by atoms with Gasteiger partial charge in [0.25, 0.3) is 0 Å². The highest BCUT2D eigenvalue weighted by Crippen LogP contribution is 2.28. The summed E-state index contributed by atoms with van der Waals surface area (Å²) >= 11 is 0. The van der Waals surface area contributed by atoms with Crippen LogP contribution in [0.15, 0.2) is 0 Å². The monoisotopic (exact) mass is 228 g/mol. The second-order valence-electron chi connectivity index (χ2n) is 4.80. The van der Waals surface area contributed by atoms with Gasteiger partial charge in [-0.3, -0.25) is 0 Å². The molecule has 1 N–H and O–H groups in total. The van der Waals surface area contributed by atoms with Gasteiger partial charge >= 0.3 is 0 Å². The van der Waals surface area contributed by atoms with Gasteiger partial charge in [0.1, 0.15) is 0 Å². The zero-order valence-corrected chi connectivity index (χ0v) is 11.2. The minimum atomic E-state index is 0.765. The molecular weight excluding hydrogens is 200 g/mol. The van der Waals surface area contributed by atoms with Crippen molar-refractivity contribution >= 4 is 0 Å². The third-order valence-electron chi connectivity index (χ3n) is 3.90. The first-order valence-corrected chi connectivity index (χ1v) is 6.70. The minimum Gasteiger partial charge on any atom is -0.383 e.